The lowest BCUT2D eigenvalue weighted by molar-refractivity contribution is -0.126. The van der Waals surface area contributed by atoms with E-state index in [1.54, 1.807) is 0 Å². The van der Waals surface area contributed by atoms with Crippen LogP contribution in [0.5, 0.6) is 0 Å². The quantitative estimate of drug-likeness (QED) is 0.812. The van der Waals surface area contributed by atoms with Crippen molar-refractivity contribution in [1.29, 1.82) is 0 Å². The van der Waals surface area contributed by atoms with Crippen molar-refractivity contribution in [2.24, 2.45) is 5.92 Å². The number of aromatic nitrogens is 2. The summed E-state index contributed by atoms with van der Waals surface area (Å²) in [5.74, 6) is -0.406. The third-order valence-corrected chi connectivity index (χ3v) is 5.29. The minimum absolute atomic E-state index is 0.00891. The lowest BCUT2D eigenvalue weighted by atomic mass is 9.95. The molecule has 0 atom stereocenters. The van der Waals surface area contributed by atoms with Gasteiger partial charge in [-0.25, -0.2) is 14.8 Å². The van der Waals surface area contributed by atoms with Gasteiger partial charge in [-0.15, -0.1) is 0 Å². The number of hydrogen-bond acceptors (Lipinski definition) is 5. The Balaban J connectivity index is 1.55. The Morgan fingerprint density at radius 2 is 1.76 bits per heavy atom. The van der Waals surface area contributed by atoms with E-state index in [1.165, 1.54) is 38.2 Å². The largest absolute Gasteiger partial charge is 0.477 e. The Kier molecular flexibility index (Phi) is 5.83. The summed E-state index contributed by atoms with van der Waals surface area (Å²) < 4.78 is 0. The van der Waals surface area contributed by atoms with Crippen LogP contribution in [0.1, 0.15) is 61.7 Å². The summed E-state index contributed by atoms with van der Waals surface area (Å²) >= 11 is 0. The minimum Gasteiger partial charge on any atom is -0.477 e. The predicted molar refractivity (Wildman–Crippen MR) is 93.6 cm³/mol. The first kappa shape index (κ1) is 17.6. The second kappa shape index (κ2) is 8.27. The van der Waals surface area contributed by atoms with Crippen LogP contribution in [0.2, 0.25) is 0 Å². The summed E-state index contributed by atoms with van der Waals surface area (Å²) in [6, 6.07) is 0.327. The maximum Gasteiger partial charge on any atom is 0.341 e. The van der Waals surface area contributed by atoms with Crippen molar-refractivity contribution in [3.63, 3.8) is 0 Å². The highest BCUT2D eigenvalue weighted by Crippen LogP contribution is 2.25. The van der Waals surface area contributed by atoms with Crippen LogP contribution < -0.4 is 10.2 Å². The first-order valence-electron chi connectivity index (χ1n) is 9.24. The number of carboxylic acids is 1. The number of nitrogens with one attached hydrogen (secondary N) is 1. The summed E-state index contributed by atoms with van der Waals surface area (Å²) in [5.41, 5.74) is 0.115. The smallest absolute Gasteiger partial charge is 0.341 e. The summed E-state index contributed by atoms with van der Waals surface area (Å²) in [5, 5.41) is 12.5. The van der Waals surface area contributed by atoms with E-state index in [0.29, 0.717) is 24.9 Å². The van der Waals surface area contributed by atoms with E-state index in [4.69, 9.17) is 0 Å². The molecule has 7 heteroatoms. The van der Waals surface area contributed by atoms with Crippen molar-refractivity contribution in [3.8, 4) is 0 Å². The molecule has 2 fully saturated rings. The molecule has 136 valence electrons. The topological polar surface area (TPSA) is 95.4 Å². The molecule has 1 amide bonds. The van der Waals surface area contributed by atoms with E-state index in [-0.39, 0.29) is 17.4 Å². The van der Waals surface area contributed by atoms with Gasteiger partial charge in [0.1, 0.15) is 17.7 Å². The van der Waals surface area contributed by atoms with E-state index in [1.807, 2.05) is 4.90 Å². The van der Waals surface area contributed by atoms with Gasteiger partial charge in [0.15, 0.2) is 0 Å². The second-order valence-electron chi connectivity index (χ2n) is 7.02. The zero-order valence-corrected chi connectivity index (χ0v) is 14.5. The number of carbonyl (C=O) groups excluding carboxylic acids is 1. The Morgan fingerprint density at radius 3 is 2.40 bits per heavy atom. The van der Waals surface area contributed by atoms with E-state index in [2.05, 4.69) is 15.3 Å². The molecule has 0 bridgehead atoms. The van der Waals surface area contributed by atoms with Crippen molar-refractivity contribution < 1.29 is 14.7 Å². The SMILES string of the molecule is O=C(O)c1cncnc1N1CCC(C(=O)NC2CCCCCC2)CC1. The van der Waals surface area contributed by atoms with Gasteiger partial charge in [-0.05, 0) is 25.7 Å². The van der Waals surface area contributed by atoms with Crippen LogP contribution in [0.4, 0.5) is 5.82 Å². The fraction of sp³-hybridized carbons (Fsp3) is 0.667. The Morgan fingerprint density at radius 1 is 1.08 bits per heavy atom. The van der Waals surface area contributed by atoms with E-state index >= 15 is 0 Å². The van der Waals surface area contributed by atoms with Crippen molar-refractivity contribution >= 4 is 17.7 Å². The molecule has 25 heavy (non-hydrogen) atoms. The van der Waals surface area contributed by atoms with Crippen molar-refractivity contribution in [3.05, 3.63) is 18.1 Å². The molecule has 1 aromatic heterocycles. The highest BCUT2D eigenvalue weighted by molar-refractivity contribution is 5.93. The van der Waals surface area contributed by atoms with Crippen LogP contribution in [0.25, 0.3) is 0 Å². The molecule has 1 aromatic rings. The number of rotatable bonds is 4. The van der Waals surface area contributed by atoms with Crippen LogP contribution in [0.3, 0.4) is 0 Å². The number of carbonyl (C=O) groups is 2. The average molecular weight is 346 g/mol. The normalized spacial score (nSPS) is 20.1. The summed E-state index contributed by atoms with van der Waals surface area (Å²) in [6.07, 6.45) is 11.3. The highest BCUT2D eigenvalue weighted by atomic mass is 16.4. The Bertz CT molecular complexity index is 606. The monoisotopic (exact) mass is 346 g/mol. The van der Waals surface area contributed by atoms with Crippen LogP contribution in [-0.2, 0) is 4.79 Å². The molecule has 3 rings (SSSR count). The molecule has 0 spiro atoms. The molecule has 2 heterocycles. The van der Waals surface area contributed by atoms with Crippen molar-refractivity contribution in [2.45, 2.75) is 57.4 Å². The van der Waals surface area contributed by atoms with Gasteiger partial charge < -0.3 is 15.3 Å². The number of amides is 1. The number of carboxylic acid groups (broad SMARTS) is 1. The molecule has 1 saturated carbocycles. The summed E-state index contributed by atoms with van der Waals surface area (Å²) in [4.78, 5) is 33.7. The van der Waals surface area contributed by atoms with Gasteiger partial charge in [-0.1, -0.05) is 25.7 Å². The van der Waals surface area contributed by atoms with Gasteiger partial charge in [0.05, 0.1) is 0 Å². The van der Waals surface area contributed by atoms with Crippen LogP contribution in [0, 0.1) is 5.92 Å². The lowest BCUT2D eigenvalue weighted by Gasteiger charge is -2.33. The summed E-state index contributed by atoms with van der Waals surface area (Å²) in [6.45, 7) is 1.28. The Labute approximate surface area is 147 Å². The zero-order valence-electron chi connectivity index (χ0n) is 14.5. The highest BCUT2D eigenvalue weighted by Gasteiger charge is 2.29. The molecule has 0 radical (unpaired) electrons. The number of hydrogen-bond donors (Lipinski definition) is 2. The van der Waals surface area contributed by atoms with E-state index in [0.717, 1.165) is 25.7 Å². The first-order chi connectivity index (χ1) is 12.1. The Hall–Kier alpha value is -2.18. The van der Waals surface area contributed by atoms with Gasteiger partial charge in [-0.2, -0.15) is 0 Å². The first-order valence-corrected chi connectivity index (χ1v) is 9.24. The van der Waals surface area contributed by atoms with Crippen LogP contribution in [-0.4, -0.2) is 46.1 Å². The summed E-state index contributed by atoms with van der Waals surface area (Å²) in [7, 11) is 0. The van der Waals surface area contributed by atoms with E-state index < -0.39 is 5.97 Å². The van der Waals surface area contributed by atoms with Crippen molar-refractivity contribution in [1.82, 2.24) is 15.3 Å². The molecule has 1 aliphatic heterocycles. The minimum atomic E-state index is -1.02. The second-order valence-corrected chi connectivity index (χ2v) is 7.02. The lowest BCUT2D eigenvalue weighted by Crippen LogP contribution is -2.44. The van der Waals surface area contributed by atoms with Gasteiger partial charge in [0, 0.05) is 31.2 Å². The maximum atomic E-state index is 12.5. The fourth-order valence-corrected chi connectivity index (χ4v) is 3.82. The van der Waals surface area contributed by atoms with Gasteiger partial charge >= 0.3 is 5.97 Å². The molecule has 0 unspecified atom stereocenters. The van der Waals surface area contributed by atoms with Crippen LogP contribution in [0.15, 0.2) is 12.5 Å². The molecule has 2 N–H and O–H groups in total. The zero-order chi connectivity index (χ0) is 17.6. The van der Waals surface area contributed by atoms with Gasteiger partial charge in [0.2, 0.25) is 5.91 Å². The molecule has 0 aromatic carbocycles. The molecule has 1 saturated heterocycles. The number of aromatic carboxylic acids is 1. The van der Waals surface area contributed by atoms with Gasteiger partial charge in [-0.3, -0.25) is 4.79 Å². The molecular formula is C18H26N4O3. The van der Waals surface area contributed by atoms with Gasteiger partial charge in [0.25, 0.3) is 0 Å². The molecule has 2 aliphatic rings. The number of anilines is 1. The molecular weight excluding hydrogens is 320 g/mol. The average Bonchev–Trinajstić information content (AvgIpc) is 2.90. The maximum absolute atomic E-state index is 12.5. The molecule has 7 nitrogen and oxygen atoms in total. The number of nitrogens with zero attached hydrogens (tertiary/aromatic N) is 3. The predicted octanol–water partition coefficient (Wildman–Crippen LogP) is 2.23. The third-order valence-electron chi connectivity index (χ3n) is 5.29. The third kappa shape index (κ3) is 4.46. The number of piperidine rings is 1. The van der Waals surface area contributed by atoms with Crippen LogP contribution >= 0.6 is 0 Å². The standard InChI is InChI=1S/C18H26N4O3/c23-17(21-14-5-3-1-2-4-6-14)13-7-9-22(10-8-13)16-15(18(24)25)11-19-12-20-16/h11-14H,1-10H2,(H,21,23)(H,24,25). The van der Waals surface area contributed by atoms with E-state index in [9.17, 15) is 14.7 Å². The molecule has 1 aliphatic carbocycles. The van der Waals surface area contributed by atoms with Crippen molar-refractivity contribution in [2.75, 3.05) is 18.0 Å². The fourth-order valence-electron chi connectivity index (χ4n) is 3.82.